The van der Waals surface area contributed by atoms with Crippen molar-refractivity contribution in [1.82, 2.24) is 0 Å². The fraction of sp³-hybridized carbons (Fsp3) is 0.333. The van der Waals surface area contributed by atoms with Gasteiger partial charge in [0.15, 0.2) is 0 Å². The molecule has 0 saturated heterocycles. The summed E-state index contributed by atoms with van der Waals surface area (Å²) in [5, 5.41) is 0. The zero-order valence-electron chi connectivity index (χ0n) is 12.5. The van der Waals surface area contributed by atoms with Crippen molar-refractivity contribution >= 4 is 0 Å². The molecule has 0 fully saturated rings. The number of hydrogen-bond acceptors (Lipinski definition) is 3. The Morgan fingerprint density at radius 2 is 1.29 bits per heavy atom. The van der Waals surface area contributed by atoms with Gasteiger partial charge in [-0.05, 0) is 30.2 Å². The smallest absolute Gasteiger partial charge is 0.119 e. The Balaban J connectivity index is 1.71. The summed E-state index contributed by atoms with van der Waals surface area (Å²) in [5.74, 6) is 0.864. The Morgan fingerprint density at radius 3 is 2.00 bits per heavy atom. The molecule has 0 radical (unpaired) electrons. The first-order valence-electron chi connectivity index (χ1n) is 7.34. The Morgan fingerprint density at radius 1 is 0.667 bits per heavy atom. The van der Waals surface area contributed by atoms with Crippen molar-refractivity contribution in [2.75, 3.05) is 33.0 Å². The van der Waals surface area contributed by atoms with Gasteiger partial charge < -0.3 is 14.2 Å². The Hall–Kier alpha value is -1.84. The molecule has 0 saturated carbocycles. The topological polar surface area (TPSA) is 27.7 Å². The van der Waals surface area contributed by atoms with Gasteiger partial charge in [0, 0.05) is 6.61 Å². The van der Waals surface area contributed by atoms with E-state index in [4.69, 9.17) is 14.2 Å². The van der Waals surface area contributed by atoms with Gasteiger partial charge in [0.05, 0.1) is 19.8 Å². The predicted octanol–water partition coefficient (Wildman–Crippen LogP) is 3.79. The molecule has 0 unspecified atom stereocenters. The second-order valence-corrected chi connectivity index (χ2v) is 4.55. The van der Waals surface area contributed by atoms with Gasteiger partial charge in [-0.3, -0.25) is 0 Å². The fourth-order valence-electron chi connectivity index (χ4n) is 1.96. The summed E-state index contributed by atoms with van der Waals surface area (Å²) < 4.78 is 16.2. The summed E-state index contributed by atoms with van der Waals surface area (Å²) in [6.45, 7) is 5.09. The lowest BCUT2D eigenvalue weighted by Crippen LogP contribution is -2.10. The second kappa shape index (κ2) is 9.16. The van der Waals surface area contributed by atoms with Crippen molar-refractivity contribution in [3.8, 4) is 16.9 Å². The van der Waals surface area contributed by atoms with Gasteiger partial charge in [0.25, 0.3) is 0 Å². The maximum Gasteiger partial charge on any atom is 0.119 e. The highest BCUT2D eigenvalue weighted by molar-refractivity contribution is 5.63. The Bertz CT molecular complexity index is 494. The number of rotatable bonds is 9. The van der Waals surface area contributed by atoms with Gasteiger partial charge in [0.1, 0.15) is 12.4 Å². The number of hydrogen-bond donors (Lipinski definition) is 0. The lowest BCUT2D eigenvalue weighted by Gasteiger charge is -2.08. The van der Waals surface area contributed by atoms with Crippen LogP contribution < -0.4 is 4.74 Å². The summed E-state index contributed by atoms with van der Waals surface area (Å²) in [6, 6.07) is 18.4. The van der Waals surface area contributed by atoms with Crippen LogP contribution in [0.5, 0.6) is 5.75 Å². The average Bonchev–Trinajstić information content (AvgIpc) is 2.55. The van der Waals surface area contributed by atoms with E-state index in [-0.39, 0.29) is 0 Å². The minimum absolute atomic E-state index is 0.552. The molecule has 0 aliphatic heterocycles. The maximum atomic E-state index is 5.64. The molecule has 2 aromatic rings. The van der Waals surface area contributed by atoms with Crippen molar-refractivity contribution in [2.24, 2.45) is 0 Å². The number of benzene rings is 2. The molecule has 0 spiro atoms. The van der Waals surface area contributed by atoms with Crippen molar-refractivity contribution in [1.29, 1.82) is 0 Å². The van der Waals surface area contributed by atoms with Crippen LogP contribution in [-0.4, -0.2) is 33.0 Å². The molecule has 0 heterocycles. The monoisotopic (exact) mass is 286 g/mol. The molecular weight excluding hydrogens is 264 g/mol. The molecule has 21 heavy (non-hydrogen) atoms. The van der Waals surface area contributed by atoms with Gasteiger partial charge >= 0.3 is 0 Å². The third-order valence-corrected chi connectivity index (χ3v) is 3.03. The van der Waals surface area contributed by atoms with Crippen LogP contribution in [0.2, 0.25) is 0 Å². The molecule has 0 amide bonds. The van der Waals surface area contributed by atoms with Gasteiger partial charge in [-0.1, -0.05) is 42.5 Å². The summed E-state index contributed by atoms with van der Waals surface area (Å²) in [7, 11) is 0. The Kier molecular flexibility index (Phi) is 6.78. The molecule has 0 aliphatic rings. The fourth-order valence-corrected chi connectivity index (χ4v) is 1.96. The highest BCUT2D eigenvalue weighted by Gasteiger charge is 1.98. The molecule has 0 bridgehead atoms. The van der Waals surface area contributed by atoms with E-state index < -0.39 is 0 Å². The summed E-state index contributed by atoms with van der Waals surface area (Å²) in [4.78, 5) is 0. The third kappa shape index (κ3) is 5.58. The SMILES string of the molecule is CCOCCOCCOc1ccc(-c2ccccc2)cc1. The van der Waals surface area contributed by atoms with E-state index in [0.717, 1.165) is 12.4 Å². The second-order valence-electron chi connectivity index (χ2n) is 4.55. The lowest BCUT2D eigenvalue weighted by atomic mass is 10.1. The van der Waals surface area contributed by atoms with Gasteiger partial charge in [-0.25, -0.2) is 0 Å². The van der Waals surface area contributed by atoms with Gasteiger partial charge in [-0.15, -0.1) is 0 Å². The van der Waals surface area contributed by atoms with Crippen LogP contribution in [0.4, 0.5) is 0 Å². The largest absolute Gasteiger partial charge is 0.491 e. The highest BCUT2D eigenvalue weighted by atomic mass is 16.5. The maximum absolute atomic E-state index is 5.64. The molecule has 2 aromatic carbocycles. The molecule has 2 rings (SSSR count). The van der Waals surface area contributed by atoms with Crippen LogP contribution in [0, 0.1) is 0 Å². The van der Waals surface area contributed by atoms with E-state index in [2.05, 4.69) is 24.3 Å². The first-order chi connectivity index (χ1) is 10.4. The van der Waals surface area contributed by atoms with E-state index in [1.165, 1.54) is 11.1 Å². The standard InChI is InChI=1S/C18H22O3/c1-2-19-12-13-20-14-15-21-18-10-8-17(9-11-18)16-6-4-3-5-7-16/h3-11H,2,12-15H2,1H3. The molecule has 3 heteroatoms. The van der Waals surface area contributed by atoms with E-state index in [1.807, 2.05) is 37.3 Å². The molecule has 0 atom stereocenters. The molecule has 0 aromatic heterocycles. The van der Waals surface area contributed by atoms with E-state index in [1.54, 1.807) is 0 Å². The molecule has 112 valence electrons. The normalized spacial score (nSPS) is 10.5. The summed E-state index contributed by atoms with van der Waals surface area (Å²) >= 11 is 0. The lowest BCUT2D eigenvalue weighted by molar-refractivity contribution is 0.0405. The van der Waals surface area contributed by atoms with Crippen LogP contribution in [-0.2, 0) is 9.47 Å². The van der Waals surface area contributed by atoms with Crippen LogP contribution in [0.25, 0.3) is 11.1 Å². The van der Waals surface area contributed by atoms with E-state index >= 15 is 0 Å². The van der Waals surface area contributed by atoms with Gasteiger partial charge in [0.2, 0.25) is 0 Å². The predicted molar refractivity (Wildman–Crippen MR) is 84.7 cm³/mol. The molecule has 3 nitrogen and oxygen atoms in total. The van der Waals surface area contributed by atoms with Crippen LogP contribution in [0.3, 0.4) is 0 Å². The molecule has 0 N–H and O–H groups in total. The zero-order valence-corrected chi connectivity index (χ0v) is 12.5. The van der Waals surface area contributed by atoms with Crippen molar-refractivity contribution in [2.45, 2.75) is 6.92 Å². The number of ether oxygens (including phenoxy) is 3. The van der Waals surface area contributed by atoms with Crippen LogP contribution in [0.15, 0.2) is 54.6 Å². The Labute approximate surface area is 126 Å². The van der Waals surface area contributed by atoms with Gasteiger partial charge in [-0.2, -0.15) is 0 Å². The van der Waals surface area contributed by atoms with E-state index in [9.17, 15) is 0 Å². The van der Waals surface area contributed by atoms with Crippen molar-refractivity contribution in [3.05, 3.63) is 54.6 Å². The van der Waals surface area contributed by atoms with Crippen LogP contribution >= 0.6 is 0 Å². The minimum atomic E-state index is 0.552. The van der Waals surface area contributed by atoms with Crippen molar-refractivity contribution < 1.29 is 14.2 Å². The molecular formula is C18H22O3. The molecule has 0 aliphatic carbocycles. The van der Waals surface area contributed by atoms with Crippen LogP contribution in [0.1, 0.15) is 6.92 Å². The zero-order chi connectivity index (χ0) is 14.8. The summed E-state index contributed by atoms with van der Waals surface area (Å²) in [5.41, 5.74) is 2.40. The quantitative estimate of drug-likeness (QED) is 0.656. The minimum Gasteiger partial charge on any atom is -0.491 e. The summed E-state index contributed by atoms with van der Waals surface area (Å²) in [6.07, 6.45) is 0. The average molecular weight is 286 g/mol. The highest BCUT2D eigenvalue weighted by Crippen LogP contribution is 2.21. The third-order valence-electron chi connectivity index (χ3n) is 3.03. The van der Waals surface area contributed by atoms with Crippen molar-refractivity contribution in [3.63, 3.8) is 0 Å². The first-order valence-corrected chi connectivity index (χ1v) is 7.34. The van der Waals surface area contributed by atoms with E-state index in [0.29, 0.717) is 26.4 Å². The first kappa shape index (κ1) is 15.5.